The van der Waals surface area contributed by atoms with Crippen molar-refractivity contribution in [3.8, 4) is 0 Å². The van der Waals surface area contributed by atoms with Crippen LogP contribution in [0, 0.1) is 11.8 Å². The smallest absolute Gasteiger partial charge is 0.315 e. The van der Waals surface area contributed by atoms with E-state index < -0.39 is 5.54 Å². The molecule has 2 amide bonds. The Bertz CT molecular complexity index is 367. The van der Waals surface area contributed by atoms with E-state index in [9.17, 15) is 9.90 Å². The number of aliphatic hydroxyl groups is 1. The quantitative estimate of drug-likeness (QED) is 0.634. The third-order valence-electron chi connectivity index (χ3n) is 4.98. The molecule has 2 aliphatic rings. The van der Waals surface area contributed by atoms with Gasteiger partial charge in [0.05, 0.1) is 12.1 Å². The van der Waals surface area contributed by atoms with E-state index in [0.29, 0.717) is 18.4 Å². The van der Waals surface area contributed by atoms with Gasteiger partial charge in [0.25, 0.3) is 0 Å². The Morgan fingerprint density at radius 1 is 1.32 bits per heavy atom. The van der Waals surface area contributed by atoms with Crippen LogP contribution < -0.4 is 10.6 Å². The van der Waals surface area contributed by atoms with Crippen LogP contribution in [0.1, 0.15) is 26.7 Å². The number of nitrogens with zero attached hydrogens (tertiary/aromatic N) is 2. The number of hydrogen-bond donors (Lipinski definition) is 3. The fourth-order valence-electron chi connectivity index (χ4n) is 3.10. The first kappa shape index (κ1) is 17.5. The number of nitrogens with one attached hydrogen (secondary N) is 2. The van der Waals surface area contributed by atoms with Gasteiger partial charge in [0.15, 0.2) is 0 Å². The molecule has 2 atom stereocenters. The summed E-state index contributed by atoms with van der Waals surface area (Å²) in [4.78, 5) is 16.8. The average Bonchev–Trinajstić information content (AvgIpc) is 3.32. The number of amides is 2. The van der Waals surface area contributed by atoms with E-state index in [0.717, 1.165) is 45.6 Å². The molecule has 128 valence electrons. The minimum atomic E-state index is -0.467. The zero-order chi connectivity index (χ0) is 16.2. The van der Waals surface area contributed by atoms with E-state index in [-0.39, 0.29) is 12.6 Å². The van der Waals surface area contributed by atoms with Crippen LogP contribution in [0.5, 0.6) is 0 Å². The van der Waals surface area contributed by atoms with Crippen LogP contribution in [-0.4, -0.2) is 79.4 Å². The van der Waals surface area contributed by atoms with E-state index in [2.05, 4.69) is 34.4 Å². The molecule has 0 spiro atoms. The van der Waals surface area contributed by atoms with Gasteiger partial charge in [0.2, 0.25) is 0 Å². The molecule has 22 heavy (non-hydrogen) atoms. The van der Waals surface area contributed by atoms with Gasteiger partial charge in [-0.15, -0.1) is 0 Å². The van der Waals surface area contributed by atoms with Gasteiger partial charge in [-0.3, -0.25) is 0 Å². The monoisotopic (exact) mass is 312 g/mol. The molecule has 0 radical (unpaired) electrons. The highest BCUT2D eigenvalue weighted by Gasteiger charge is 2.42. The molecular formula is C16H32N4O2. The first-order valence-electron chi connectivity index (χ1n) is 8.50. The Balaban J connectivity index is 1.65. The van der Waals surface area contributed by atoms with Crippen LogP contribution in [0.3, 0.4) is 0 Å². The lowest BCUT2D eigenvalue weighted by Gasteiger charge is -2.34. The average molecular weight is 312 g/mol. The Morgan fingerprint density at radius 2 is 1.95 bits per heavy atom. The topological polar surface area (TPSA) is 67.8 Å². The van der Waals surface area contributed by atoms with Crippen molar-refractivity contribution in [3.05, 3.63) is 0 Å². The van der Waals surface area contributed by atoms with Crippen LogP contribution in [0.15, 0.2) is 0 Å². The van der Waals surface area contributed by atoms with Crippen LogP contribution in [0.25, 0.3) is 0 Å². The third kappa shape index (κ3) is 5.11. The second kappa shape index (κ2) is 7.62. The number of piperazine rings is 1. The number of aliphatic hydroxyl groups excluding tert-OH is 1. The maximum Gasteiger partial charge on any atom is 0.315 e. The Labute approximate surface area is 134 Å². The lowest BCUT2D eigenvalue weighted by Crippen LogP contribution is -2.55. The van der Waals surface area contributed by atoms with Gasteiger partial charge in [-0.2, -0.15) is 0 Å². The first-order chi connectivity index (χ1) is 10.4. The molecule has 0 aromatic carbocycles. The van der Waals surface area contributed by atoms with Gasteiger partial charge in [0, 0.05) is 39.3 Å². The summed E-state index contributed by atoms with van der Waals surface area (Å²) in [5.74, 6) is 0.849. The maximum atomic E-state index is 12.0. The van der Waals surface area contributed by atoms with E-state index in [1.165, 1.54) is 0 Å². The van der Waals surface area contributed by atoms with Crippen molar-refractivity contribution in [1.29, 1.82) is 0 Å². The molecule has 2 fully saturated rings. The van der Waals surface area contributed by atoms with E-state index in [1.807, 2.05) is 6.92 Å². The molecule has 0 aromatic rings. The van der Waals surface area contributed by atoms with Crippen molar-refractivity contribution in [2.45, 2.75) is 32.2 Å². The third-order valence-corrected chi connectivity index (χ3v) is 4.98. The highest BCUT2D eigenvalue weighted by Crippen LogP contribution is 2.39. The Kier molecular flexibility index (Phi) is 6.06. The van der Waals surface area contributed by atoms with Crippen molar-refractivity contribution in [3.63, 3.8) is 0 Å². The second-order valence-corrected chi connectivity index (χ2v) is 7.39. The molecule has 1 heterocycles. The molecule has 1 saturated carbocycles. The molecule has 1 saturated heterocycles. The van der Waals surface area contributed by atoms with Gasteiger partial charge in [0.1, 0.15) is 0 Å². The van der Waals surface area contributed by atoms with Crippen LogP contribution in [-0.2, 0) is 0 Å². The molecule has 0 aromatic heterocycles. The molecule has 2 rings (SSSR count). The highest BCUT2D eigenvalue weighted by atomic mass is 16.3. The summed E-state index contributed by atoms with van der Waals surface area (Å²) in [6.07, 6.45) is 2.19. The number of rotatable bonds is 7. The summed E-state index contributed by atoms with van der Waals surface area (Å²) in [5, 5.41) is 15.4. The molecule has 0 bridgehead atoms. The van der Waals surface area contributed by atoms with Gasteiger partial charge in [-0.05, 0) is 38.6 Å². The van der Waals surface area contributed by atoms with Gasteiger partial charge < -0.3 is 25.5 Å². The zero-order valence-electron chi connectivity index (χ0n) is 14.3. The predicted molar refractivity (Wildman–Crippen MR) is 87.9 cm³/mol. The summed E-state index contributed by atoms with van der Waals surface area (Å²) < 4.78 is 0. The minimum absolute atomic E-state index is 0.00192. The largest absolute Gasteiger partial charge is 0.394 e. The summed E-state index contributed by atoms with van der Waals surface area (Å²) in [6.45, 7) is 10.3. The van der Waals surface area contributed by atoms with Crippen LogP contribution >= 0.6 is 0 Å². The van der Waals surface area contributed by atoms with Gasteiger partial charge in [-0.1, -0.05) is 6.92 Å². The van der Waals surface area contributed by atoms with Gasteiger partial charge >= 0.3 is 6.03 Å². The number of urea groups is 1. The molecule has 6 heteroatoms. The second-order valence-electron chi connectivity index (χ2n) is 7.39. The summed E-state index contributed by atoms with van der Waals surface area (Å²) in [5.41, 5.74) is -0.467. The number of likely N-dealkylation sites (N-methyl/N-ethyl adjacent to an activating group) is 1. The van der Waals surface area contributed by atoms with Crippen molar-refractivity contribution in [2.24, 2.45) is 11.8 Å². The predicted octanol–water partition coefficient (Wildman–Crippen LogP) is 0.330. The van der Waals surface area contributed by atoms with E-state index in [1.54, 1.807) is 0 Å². The Hall–Kier alpha value is -0.850. The summed E-state index contributed by atoms with van der Waals surface area (Å²) in [7, 11) is 2.16. The molecular weight excluding hydrogens is 280 g/mol. The normalized spacial score (nSPS) is 24.5. The molecule has 1 aliphatic heterocycles. The standard InChI is InChI=1S/C16H32N4O2/c1-13(11-20-8-6-19(3)7-9-20)10-17-15(22)18-16(2,12-21)14-4-5-14/h13-14,21H,4-12H2,1-3H3,(H2,17,18,22). The number of carbonyl (C=O) groups is 1. The fourth-order valence-corrected chi connectivity index (χ4v) is 3.10. The maximum absolute atomic E-state index is 12.0. The van der Waals surface area contributed by atoms with Crippen molar-refractivity contribution in [1.82, 2.24) is 20.4 Å². The molecule has 2 unspecified atom stereocenters. The van der Waals surface area contributed by atoms with Crippen molar-refractivity contribution < 1.29 is 9.90 Å². The number of hydrogen-bond acceptors (Lipinski definition) is 4. The van der Waals surface area contributed by atoms with Crippen LogP contribution in [0.4, 0.5) is 4.79 Å². The molecule has 6 nitrogen and oxygen atoms in total. The highest BCUT2D eigenvalue weighted by molar-refractivity contribution is 5.74. The van der Waals surface area contributed by atoms with E-state index in [4.69, 9.17) is 0 Å². The number of carbonyl (C=O) groups excluding carboxylic acids is 1. The zero-order valence-corrected chi connectivity index (χ0v) is 14.3. The molecule has 1 aliphatic carbocycles. The van der Waals surface area contributed by atoms with Crippen molar-refractivity contribution >= 4 is 6.03 Å². The lowest BCUT2D eigenvalue weighted by molar-refractivity contribution is 0.137. The lowest BCUT2D eigenvalue weighted by atomic mass is 9.97. The van der Waals surface area contributed by atoms with Gasteiger partial charge in [-0.25, -0.2) is 4.79 Å². The summed E-state index contributed by atoms with van der Waals surface area (Å²) in [6, 6.07) is -0.159. The van der Waals surface area contributed by atoms with E-state index >= 15 is 0 Å². The fraction of sp³-hybridized carbons (Fsp3) is 0.938. The van der Waals surface area contributed by atoms with Crippen molar-refractivity contribution in [2.75, 3.05) is 52.9 Å². The summed E-state index contributed by atoms with van der Waals surface area (Å²) >= 11 is 0. The SMILES string of the molecule is CC(CNC(=O)NC(C)(CO)C1CC1)CN1CCN(C)CC1. The van der Waals surface area contributed by atoms with Crippen LogP contribution in [0.2, 0.25) is 0 Å². The minimum Gasteiger partial charge on any atom is -0.394 e. The first-order valence-corrected chi connectivity index (χ1v) is 8.50. The molecule has 3 N–H and O–H groups in total. The Morgan fingerprint density at radius 3 is 2.50 bits per heavy atom.